The number of benzene rings is 1. The van der Waals surface area contributed by atoms with E-state index in [-0.39, 0.29) is 6.04 Å². The van der Waals surface area contributed by atoms with Crippen LogP contribution in [0.2, 0.25) is 0 Å². The number of rotatable bonds is 4. The minimum atomic E-state index is -0.828. The molecule has 1 aromatic carbocycles. The molecule has 0 aromatic heterocycles. The summed E-state index contributed by atoms with van der Waals surface area (Å²) in [5.41, 5.74) is 8.17. The Hall–Kier alpha value is -1.59. The lowest BCUT2D eigenvalue weighted by atomic mass is 10.0. The lowest BCUT2D eigenvalue weighted by Crippen LogP contribution is -2.59. The van der Waals surface area contributed by atoms with Crippen LogP contribution in [0.4, 0.5) is 4.79 Å². The van der Waals surface area contributed by atoms with Gasteiger partial charge < -0.3 is 15.7 Å². The van der Waals surface area contributed by atoms with E-state index >= 15 is 0 Å². The van der Waals surface area contributed by atoms with Crippen molar-refractivity contribution >= 4 is 6.09 Å². The van der Waals surface area contributed by atoms with E-state index in [0.717, 1.165) is 12.1 Å². The first kappa shape index (κ1) is 13.8. The molecule has 1 atom stereocenters. The highest BCUT2D eigenvalue weighted by Gasteiger charge is 2.32. The maximum absolute atomic E-state index is 10.7. The minimum absolute atomic E-state index is 0.0579. The average Bonchev–Trinajstić information content (AvgIpc) is 2.26. The predicted molar refractivity (Wildman–Crippen MR) is 73.9 cm³/mol. The summed E-state index contributed by atoms with van der Waals surface area (Å²) < 4.78 is 0. The van der Waals surface area contributed by atoms with Gasteiger partial charge in [-0.3, -0.25) is 4.90 Å². The molecule has 5 heteroatoms. The summed E-state index contributed by atoms with van der Waals surface area (Å²) >= 11 is 0. The number of likely N-dealkylation sites (tertiary alicyclic amines) is 1. The fourth-order valence-corrected chi connectivity index (χ4v) is 2.23. The Balaban J connectivity index is 1.86. The van der Waals surface area contributed by atoms with Crippen LogP contribution in [0.25, 0.3) is 0 Å². The standard InChI is InChI=1S/C14H21N3O2/c1-10(15)12-5-3-11(4-6-12)7-16(2)13-8-17(9-13)14(18)19/h3-6,10,13H,7-9,15H2,1-2H3,(H,18,19)/t10-/m0/s1. The number of likely N-dealkylation sites (N-methyl/N-ethyl adjacent to an activating group) is 1. The molecule has 104 valence electrons. The zero-order valence-corrected chi connectivity index (χ0v) is 11.4. The smallest absolute Gasteiger partial charge is 0.407 e. The van der Waals surface area contributed by atoms with Gasteiger partial charge in [-0.25, -0.2) is 4.79 Å². The molecule has 0 radical (unpaired) electrons. The molecule has 1 heterocycles. The van der Waals surface area contributed by atoms with Crippen LogP contribution in [0.3, 0.4) is 0 Å². The van der Waals surface area contributed by atoms with Gasteiger partial charge in [0.15, 0.2) is 0 Å². The Morgan fingerprint density at radius 1 is 1.47 bits per heavy atom. The first-order valence-electron chi connectivity index (χ1n) is 6.50. The molecule has 1 amide bonds. The van der Waals surface area contributed by atoms with E-state index in [1.165, 1.54) is 10.5 Å². The van der Waals surface area contributed by atoms with E-state index in [0.29, 0.717) is 19.1 Å². The average molecular weight is 263 g/mol. The first-order chi connectivity index (χ1) is 8.97. The van der Waals surface area contributed by atoms with E-state index in [2.05, 4.69) is 29.2 Å². The molecule has 1 fully saturated rings. The van der Waals surface area contributed by atoms with E-state index < -0.39 is 6.09 Å². The monoisotopic (exact) mass is 263 g/mol. The molecule has 0 unspecified atom stereocenters. The molecular formula is C14H21N3O2. The lowest BCUT2D eigenvalue weighted by molar-refractivity contribution is 0.0458. The van der Waals surface area contributed by atoms with Crippen molar-refractivity contribution in [2.45, 2.75) is 25.6 Å². The number of nitrogens with two attached hydrogens (primary N) is 1. The second-order valence-corrected chi connectivity index (χ2v) is 5.29. The summed E-state index contributed by atoms with van der Waals surface area (Å²) in [6.45, 7) is 4.00. The van der Waals surface area contributed by atoms with Gasteiger partial charge in [-0.2, -0.15) is 0 Å². The summed E-state index contributed by atoms with van der Waals surface area (Å²) in [6, 6.07) is 8.66. The van der Waals surface area contributed by atoms with Crippen molar-refractivity contribution in [1.29, 1.82) is 0 Å². The van der Waals surface area contributed by atoms with Crippen molar-refractivity contribution in [3.05, 3.63) is 35.4 Å². The molecule has 1 saturated heterocycles. The molecule has 3 N–H and O–H groups in total. The normalized spacial score (nSPS) is 17.4. The Labute approximate surface area is 113 Å². The molecule has 1 aliphatic rings. The molecule has 0 aliphatic carbocycles. The van der Waals surface area contributed by atoms with E-state index in [4.69, 9.17) is 10.8 Å². The van der Waals surface area contributed by atoms with Gasteiger partial charge in [0.25, 0.3) is 0 Å². The highest BCUT2D eigenvalue weighted by Crippen LogP contribution is 2.17. The van der Waals surface area contributed by atoms with Crippen molar-refractivity contribution < 1.29 is 9.90 Å². The highest BCUT2D eigenvalue weighted by molar-refractivity contribution is 5.66. The Bertz CT molecular complexity index is 439. The van der Waals surface area contributed by atoms with Crippen molar-refractivity contribution in [1.82, 2.24) is 9.80 Å². The van der Waals surface area contributed by atoms with Crippen LogP contribution in [0.1, 0.15) is 24.1 Å². The number of hydrogen-bond acceptors (Lipinski definition) is 3. The molecule has 19 heavy (non-hydrogen) atoms. The molecule has 0 spiro atoms. The summed E-state index contributed by atoms with van der Waals surface area (Å²) in [4.78, 5) is 14.3. The molecular weight excluding hydrogens is 242 g/mol. The second kappa shape index (κ2) is 5.59. The number of carboxylic acid groups (broad SMARTS) is 1. The molecule has 2 rings (SSSR count). The fraction of sp³-hybridized carbons (Fsp3) is 0.500. The van der Waals surface area contributed by atoms with Gasteiger partial charge in [-0.1, -0.05) is 24.3 Å². The van der Waals surface area contributed by atoms with Gasteiger partial charge in [0.05, 0.1) is 0 Å². The summed E-state index contributed by atoms with van der Waals surface area (Å²) in [7, 11) is 2.03. The quantitative estimate of drug-likeness (QED) is 0.863. The third kappa shape index (κ3) is 3.24. The van der Waals surface area contributed by atoms with Crippen LogP contribution in [-0.4, -0.2) is 47.2 Å². The Morgan fingerprint density at radius 3 is 2.53 bits per heavy atom. The van der Waals surface area contributed by atoms with Gasteiger partial charge >= 0.3 is 6.09 Å². The van der Waals surface area contributed by atoms with Crippen molar-refractivity contribution in [3.63, 3.8) is 0 Å². The Kier molecular flexibility index (Phi) is 4.07. The number of nitrogens with zero attached hydrogens (tertiary/aromatic N) is 2. The lowest BCUT2D eigenvalue weighted by Gasteiger charge is -2.42. The third-order valence-corrected chi connectivity index (χ3v) is 3.69. The molecule has 1 aliphatic heterocycles. The van der Waals surface area contributed by atoms with E-state index in [1.807, 2.05) is 14.0 Å². The summed E-state index contributed by atoms with van der Waals surface area (Å²) in [5.74, 6) is 0. The summed E-state index contributed by atoms with van der Waals surface area (Å²) in [5, 5.41) is 8.80. The van der Waals surface area contributed by atoms with Gasteiger partial charge in [-0.05, 0) is 25.1 Å². The maximum atomic E-state index is 10.7. The molecule has 0 saturated carbocycles. The van der Waals surface area contributed by atoms with Crippen LogP contribution < -0.4 is 5.73 Å². The minimum Gasteiger partial charge on any atom is -0.465 e. The largest absolute Gasteiger partial charge is 0.465 e. The molecule has 0 bridgehead atoms. The number of hydrogen-bond donors (Lipinski definition) is 2. The van der Waals surface area contributed by atoms with Gasteiger partial charge in [0, 0.05) is 31.7 Å². The Morgan fingerprint density at radius 2 is 2.05 bits per heavy atom. The third-order valence-electron chi connectivity index (χ3n) is 3.69. The van der Waals surface area contributed by atoms with E-state index in [1.54, 1.807) is 0 Å². The molecule has 5 nitrogen and oxygen atoms in total. The van der Waals surface area contributed by atoms with Crippen LogP contribution >= 0.6 is 0 Å². The van der Waals surface area contributed by atoms with Crippen molar-refractivity contribution in [2.75, 3.05) is 20.1 Å². The van der Waals surface area contributed by atoms with Crippen LogP contribution in [0.15, 0.2) is 24.3 Å². The highest BCUT2D eigenvalue weighted by atomic mass is 16.4. The first-order valence-corrected chi connectivity index (χ1v) is 6.50. The van der Waals surface area contributed by atoms with Crippen LogP contribution in [0.5, 0.6) is 0 Å². The van der Waals surface area contributed by atoms with Gasteiger partial charge in [0.2, 0.25) is 0 Å². The van der Waals surface area contributed by atoms with Gasteiger partial charge in [0.1, 0.15) is 0 Å². The van der Waals surface area contributed by atoms with Crippen LogP contribution in [0, 0.1) is 0 Å². The zero-order valence-electron chi connectivity index (χ0n) is 11.4. The van der Waals surface area contributed by atoms with Crippen LogP contribution in [-0.2, 0) is 6.54 Å². The summed E-state index contributed by atoms with van der Waals surface area (Å²) in [6.07, 6.45) is -0.828. The SMILES string of the molecule is C[C@H](N)c1ccc(CN(C)C2CN(C(=O)O)C2)cc1. The van der Waals surface area contributed by atoms with E-state index in [9.17, 15) is 4.79 Å². The second-order valence-electron chi connectivity index (χ2n) is 5.29. The maximum Gasteiger partial charge on any atom is 0.407 e. The predicted octanol–water partition coefficient (Wildman–Crippen LogP) is 1.50. The van der Waals surface area contributed by atoms with Gasteiger partial charge in [-0.15, -0.1) is 0 Å². The number of amides is 1. The van der Waals surface area contributed by atoms with Crippen molar-refractivity contribution in [2.24, 2.45) is 5.73 Å². The molecule has 1 aromatic rings. The zero-order chi connectivity index (χ0) is 14.0. The topological polar surface area (TPSA) is 69.8 Å². The van der Waals surface area contributed by atoms with Crippen molar-refractivity contribution in [3.8, 4) is 0 Å². The fourth-order valence-electron chi connectivity index (χ4n) is 2.23. The number of carbonyl (C=O) groups is 1.